The van der Waals surface area contributed by atoms with Crippen LogP contribution >= 0.6 is 15.9 Å². The number of nitrogens with two attached hydrogens (primary N) is 1. The van der Waals surface area contributed by atoms with Crippen LogP contribution in [0.3, 0.4) is 0 Å². The van der Waals surface area contributed by atoms with Crippen molar-refractivity contribution in [3.63, 3.8) is 0 Å². The molecule has 2 aromatic rings. The van der Waals surface area contributed by atoms with Gasteiger partial charge < -0.3 is 10.3 Å². The van der Waals surface area contributed by atoms with Crippen molar-refractivity contribution in [1.82, 2.24) is 9.55 Å². The fraction of sp³-hybridized carbons (Fsp3) is 0.364. The number of hydrogen-bond donors (Lipinski definition) is 1. The largest absolute Gasteiger partial charge is 0.369 e. The second-order valence-electron chi connectivity index (χ2n) is 4.28. The molecule has 0 spiro atoms. The van der Waals surface area contributed by atoms with Crippen LogP contribution in [0.4, 0.5) is 10.3 Å². The molecule has 1 fully saturated rings. The second kappa shape index (κ2) is 3.45. The number of fused-ring (bicyclic) bond motifs is 1. The fourth-order valence-electron chi connectivity index (χ4n) is 1.89. The topological polar surface area (TPSA) is 43.8 Å². The van der Waals surface area contributed by atoms with Crippen LogP contribution in [-0.2, 0) is 6.54 Å². The minimum Gasteiger partial charge on any atom is -0.369 e. The molecular formula is C11H11BrFN3. The van der Waals surface area contributed by atoms with E-state index in [9.17, 15) is 4.39 Å². The summed E-state index contributed by atoms with van der Waals surface area (Å²) in [5.41, 5.74) is 7.37. The van der Waals surface area contributed by atoms with Gasteiger partial charge in [-0.15, -0.1) is 0 Å². The first-order valence-corrected chi connectivity index (χ1v) is 6.05. The van der Waals surface area contributed by atoms with Crippen LogP contribution in [0.1, 0.15) is 12.8 Å². The molecule has 1 heterocycles. The van der Waals surface area contributed by atoms with Gasteiger partial charge in [0.1, 0.15) is 5.82 Å². The number of halogens is 2. The van der Waals surface area contributed by atoms with E-state index >= 15 is 0 Å². The highest BCUT2D eigenvalue weighted by molar-refractivity contribution is 9.10. The van der Waals surface area contributed by atoms with Crippen molar-refractivity contribution in [1.29, 1.82) is 0 Å². The highest BCUT2D eigenvalue weighted by Crippen LogP contribution is 2.33. The molecule has 0 aliphatic heterocycles. The molecule has 1 aromatic heterocycles. The molecule has 0 unspecified atom stereocenters. The summed E-state index contributed by atoms with van der Waals surface area (Å²) in [6.45, 7) is 0.889. The van der Waals surface area contributed by atoms with Gasteiger partial charge in [0.25, 0.3) is 0 Å². The van der Waals surface area contributed by atoms with Gasteiger partial charge in [-0.1, -0.05) is 0 Å². The average Bonchev–Trinajstić information content (AvgIpc) is 2.99. The highest BCUT2D eigenvalue weighted by Gasteiger charge is 2.24. The van der Waals surface area contributed by atoms with Crippen LogP contribution in [0.25, 0.3) is 11.0 Å². The molecule has 1 aromatic carbocycles. The summed E-state index contributed by atoms with van der Waals surface area (Å²) in [4.78, 5) is 4.18. The Kier molecular flexibility index (Phi) is 2.17. The third-order valence-corrected chi connectivity index (χ3v) is 3.57. The molecule has 84 valence electrons. The molecule has 2 N–H and O–H groups in total. The van der Waals surface area contributed by atoms with E-state index in [2.05, 4.69) is 20.9 Å². The SMILES string of the molecule is Nc1nc2cc(F)c(Br)cc2n1CC1CC1. The smallest absolute Gasteiger partial charge is 0.201 e. The third kappa shape index (κ3) is 1.59. The van der Waals surface area contributed by atoms with Gasteiger partial charge in [0.15, 0.2) is 0 Å². The third-order valence-electron chi connectivity index (χ3n) is 2.96. The van der Waals surface area contributed by atoms with Crippen molar-refractivity contribution in [2.45, 2.75) is 19.4 Å². The minimum atomic E-state index is -0.302. The molecule has 0 bridgehead atoms. The first-order valence-electron chi connectivity index (χ1n) is 5.26. The summed E-state index contributed by atoms with van der Waals surface area (Å²) >= 11 is 3.18. The van der Waals surface area contributed by atoms with E-state index in [1.807, 2.05) is 4.57 Å². The molecule has 16 heavy (non-hydrogen) atoms. The Balaban J connectivity index is 2.17. The van der Waals surface area contributed by atoms with Gasteiger partial charge in [-0.25, -0.2) is 9.37 Å². The number of imidazole rings is 1. The molecule has 0 atom stereocenters. The standard InChI is InChI=1S/C11H11BrFN3/c12-7-3-10-9(4-8(7)13)15-11(14)16(10)5-6-1-2-6/h3-4,6H,1-2,5H2,(H2,14,15). The maximum absolute atomic E-state index is 13.3. The molecule has 0 amide bonds. The number of nitrogens with zero attached hydrogens (tertiary/aromatic N) is 2. The van der Waals surface area contributed by atoms with Gasteiger partial charge in [-0.3, -0.25) is 0 Å². The van der Waals surface area contributed by atoms with Crippen LogP contribution in [0.15, 0.2) is 16.6 Å². The van der Waals surface area contributed by atoms with Gasteiger partial charge in [0, 0.05) is 12.6 Å². The first kappa shape index (κ1) is 10.1. The quantitative estimate of drug-likeness (QED) is 0.921. The maximum atomic E-state index is 13.3. The van der Waals surface area contributed by atoms with Gasteiger partial charge in [-0.05, 0) is 40.8 Å². The predicted molar refractivity (Wildman–Crippen MR) is 64.5 cm³/mol. The van der Waals surface area contributed by atoms with Crippen LogP contribution in [0.5, 0.6) is 0 Å². The Hall–Kier alpha value is -1.10. The summed E-state index contributed by atoms with van der Waals surface area (Å²) in [5, 5.41) is 0. The highest BCUT2D eigenvalue weighted by atomic mass is 79.9. The average molecular weight is 284 g/mol. The zero-order chi connectivity index (χ0) is 11.3. The Morgan fingerprint density at radius 2 is 2.25 bits per heavy atom. The molecule has 3 nitrogen and oxygen atoms in total. The van der Waals surface area contributed by atoms with Crippen LogP contribution < -0.4 is 5.73 Å². The van der Waals surface area contributed by atoms with Gasteiger partial charge in [0.05, 0.1) is 15.5 Å². The van der Waals surface area contributed by atoms with Gasteiger partial charge in [-0.2, -0.15) is 0 Å². The zero-order valence-electron chi connectivity index (χ0n) is 8.58. The zero-order valence-corrected chi connectivity index (χ0v) is 10.2. The lowest BCUT2D eigenvalue weighted by Gasteiger charge is -2.04. The second-order valence-corrected chi connectivity index (χ2v) is 5.13. The number of hydrogen-bond acceptors (Lipinski definition) is 2. The van der Waals surface area contributed by atoms with Gasteiger partial charge in [0.2, 0.25) is 5.95 Å². The maximum Gasteiger partial charge on any atom is 0.201 e. The lowest BCUT2D eigenvalue weighted by Crippen LogP contribution is -2.04. The predicted octanol–water partition coefficient (Wildman–Crippen LogP) is 2.93. The van der Waals surface area contributed by atoms with Crippen molar-refractivity contribution in [3.05, 3.63) is 22.4 Å². The van der Waals surface area contributed by atoms with E-state index in [0.717, 1.165) is 12.1 Å². The summed E-state index contributed by atoms with van der Waals surface area (Å²) in [5.74, 6) is 0.881. The van der Waals surface area contributed by atoms with Crippen LogP contribution in [-0.4, -0.2) is 9.55 Å². The Morgan fingerprint density at radius 3 is 2.94 bits per heavy atom. The summed E-state index contributed by atoms with van der Waals surface area (Å²) in [7, 11) is 0. The number of benzene rings is 1. The molecule has 1 aliphatic rings. The monoisotopic (exact) mass is 283 g/mol. The van der Waals surface area contributed by atoms with E-state index in [0.29, 0.717) is 21.9 Å². The van der Waals surface area contributed by atoms with E-state index < -0.39 is 0 Å². The molecule has 0 saturated heterocycles. The molecular weight excluding hydrogens is 273 g/mol. The summed E-state index contributed by atoms with van der Waals surface area (Å²) in [6.07, 6.45) is 2.50. The van der Waals surface area contributed by atoms with E-state index in [4.69, 9.17) is 5.73 Å². The van der Waals surface area contributed by atoms with Crippen molar-refractivity contribution >= 4 is 32.9 Å². The number of rotatable bonds is 2. The van der Waals surface area contributed by atoms with E-state index in [1.54, 1.807) is 6.07 Å². The van der Waals surface area contributed by atoms with Crippen LogP contribution in [0, 0.1) is 11.7 Å². The van der Waals surface area contributed by atoms with E-state index in [-0.39, 0.29) is 5.82 Å². The number of anilines is 1. The van der Waals surface area contributed by atoms with Crippen LogP contribution in [0.2, 0.25) is 0 Å². The summed E-state index contributed by atoms with van der Waals surface area (Å²) in [6, 6.07) is 3.16. The van der Waals surface area contributed by atoms with Crippen molar-refractivity contribution in [2.75, 3.05) is 5.73 Å². The van der Waals surface area contributed by atoms with Crippen molar-refractivity contribution in [2.24, 2.45) is 5.92 Å². The molecule has 1 saturated carbocycles. The fourth-order valence-corrected chi connectivity index (χ4v) is 2.22. The Labute approximate surface area is 101 Å². The lowest BCUT2D eigenvalue weighted by molar-refractivity contribution is 0.621. The molecule has 1 aliphatic carbocycles. The summed E-state index contributed by atoms with van der Waals surface area (Å²) < 4.78 is 15.8. The Morgan fingerprint density at radius 1 is 1.50 bits per heavy atom. The molecule has 3 rings (SSSR count). The van der Waals surface area contributed by atoms with Gasteiger partial charge >= 0.3 is 0 Å². The first-order chi connectivity index (χ1) is 7.65. The van der Waals surface area contributed by atoms with E-state index in [1.165, 1.54) is 18.9 Å². The molecule has 5 heteroatoms. The number of nitrogen functional groups attached to an aromatic ring is 1. The lowest BCUT2D eigenvalue weighted by atomic mass is 10.3. The van der Waals surface area contributed by atoms with Crippen molar-refractivity contribution in [3.8, 4) is 0 Å². The number of aromatic nitrogens is 2. The Bertz CT molecular complexity index is 560. The normalized spacial score (nSPS) is 15.9. The van der Waals surface area contributed by atoms with Crippen molar-refractivity contribution < 1.29 is 4.39 Å². The molecule has 0 radical (unpaired) electrons. The minimum absolute atomic E-state index is 0.302.